The van der Waals surface area contributed by atoms with Crippen molar-refractivity contribution in [2.75, 3.05) is 28.3 Å². The lowest BCUT2D eigenvalue weighted by atomic mass is 10.3. The molecule has 0 saturated heterocycles. The molecule has 0 unspecified atom stereocenters. The van der Waals surface area contributed by atoms with Crippen LogP contribution in [0, 0.1) is 6.92 Å². The van der Waals surface area contributed by atoms with Crippen molar-refractivity contribution in [3.8, 4) is 5.69 Å². The molecule has 21 nitrogen and oxygen atoms in total. The van der Waals surface area contributed by atoms with Crippen LogP contribution in [0.3, 0.4) is 0 Å². The minimum absolute atomic E-state index is 0.00212. The standard InChI is InChI=1S/C25H26Cl2N8O13S6/c1-13-21(22(36)35(34-13)18-11-16(27)20(12-15(18)26)54(44,45)46)33-32-17-10-14(4-5-19(17)51-48-47-37)28-23-29-24(49-6-2-8-52(38,39)40)31-25(30-23)50-7-3-9-53(41,42)43/h4-5,10-12,34,37H,2-3,6-9H2,1H3,(H,38,39,40)(H,41,42,43)(H,44,45,46)(H,28,29,30,31). The lowest BCUT2D eigenvalue weighted by Gasteiger charge is -2.10. The molecule has 0 spiro atoms. The second kappa shape index (κ2) is 18.8. The zero-order valence-electron chi connectivity index (χ0n) is 27.0. The van der Waals surface area contributed by atoms with Crippen LogP contribution in [0.2, 0.25) is 10.0 Å². The number of hydrogen-bond donors (Lipinski definition) is 6. The number of aromatic nitrogens is 5. The monoisotopic (exact) mass is 908 g/mol. The van der Waals surface area contributed by atoms with E-state index in [0.29, 0.717) is 17.7 Å². The number of aromatic amines is 1. The highest BCUT2D eigenvalue weighted by molar-refractivity contribution is 7.99. The van der Waals surface area contributed by atoms with E-state index in [2.05, 4.69) is 45.0 Å². The maximum Gasteiger partial charge on any atom is 0.299 e. The van der Waals surface area contributed by atoms with E-state index in [9.17, 15) is 34.6 Å². The van der Waals surface area contributed by atoms with Crippen molar-refractivity contribution in [3.05, 3.63) is 56.4 Å². The molecule has 2 aromatic heterocycles. The van der Waals surface area contributed by atoms with E-state index < -0.39 is 57.3 Å². The third-order valence-electron chi connectivity index (χ3n) is 6.34. The summed E-state index contributed by atoms with van der Waals surface area (Å²) in [5.74, 6) is -0.563. The third kappa shape index (κ3) is 13.1. The van der Waals surface area contributed by atoms with Crippen molar-refractivity contribution in [2.45, 2.75) is 39.9 Å². The van der Waals surface area contributed by atoms with E-state index in [-0.39, 0.29) is 73.3 Å². The molecule has 4 rings (SSSR count). The van der Waals surface area contributed by atoms with Crippen molar-refractivity contribution < 1.29 is 53.5 Å². The average Bonchev–Trinajstić information content (AvgIpc) is 3.35. The Morgan fingerprint density at radius 3 is 2.06 bits per heavy atom. The maximum atomic E-state index is 13.4. The number of anilines is 2. The Kier molecular flexibility index (Phi) is 15.3. The first kappa shape index (κ1) is 43.8. The second-order valence-electron chi connectivity index (χ2n) is 10.4. The Labute approximate surface area is 329 Å². The highest BCUT2D eigenvalue weighted by Gasteiger charge is 2.21. The van der Waals surface area contributed by atoms with Crippen molar-refractivity contribution in [1.82, 2.24) is 24.7 Å². The molecule has 2 aromatic carbocycles. The molecule has 0 aliphatic rings. The fourth-order valence-electron chi connectivity index (χ4n) is 4.07. The van der Waals surface area contributed by atoms with Crippen molar-refractivity contribution in [1.29, 1.82) is 0 Å². The quantitative estimate of drug-likeness (QED) is 0.0128. The van der Waals surface area contributed by atoms with Crippen LogP contribution in [0.15, 0.2) is 65.5 Å². The molecule has 54 heavy (non-hydrogen) atoms. The first-order valence-electron chi connectivity index (χ1n) is 14.4. The Balaban J connectivity index is 1.65. The second-order valence-corrected chi connectivity index (χ2v) is 18.6. The first-order chi connectivity index (χ1) is 25.2. The molecule has 0 saturated carbocycles. The Hall–Kier alpha value is -2.90. The molecule has 0 radical (unpaired) electrons. The number of benzene rings is 2. The van der Waals surface area contributed by atoms with E-state index >= 15 is 0 Å². The highest BCUT2D eigenvalue weighted by atomic mass is 35.5. The third-order valence-corrected chi connectivity index (χ3v) is 12.1. The van der Waals surface area contributed by atoms with Crippen LogP contribution >= 0.6 is 58.8 Å². The number of halogens is 2. The molecular weight excluding hydrogens is 884 g/mol. The van der Waals surface area contributed by atoms with Gasteiger partial charge in [-0.1, -0.05) is 51.8 Å². The number of nitrogens with zero attached hydrogens (tertiary/aromatic N) is 6. The predicted molar refractivity (Wildman–Crippen MR) is 199 cm³/mol. The van der Waals surface area contributed by atoms with Gasteiger partial charge >= 0.3 is 0 Å². The van der Waals surface area contributed by atoms with Gasteiger partial charge in [-0.15, -0.1) is 14.6 Å². The van der Waals surface area contributed by atoms with E-state index in [0.717, 1.165) is 40.3 Å². The highest BCUT2D eigenvalue weighted by Crippen LogP contribution is 2.36. The predicted octanol–water partition coefficient (Wildman–Crippen LogP) is 5.54. The first-order valence-corrected chi connectivity index (χ1v) is 22.5. The fourth-order valence-corrected chi connectivity index (χ4v) is 8.81. The number of azo groups is 1. The summed E-state index contributed by atoms with van der Waals surface area (Å²) in [5, 5.41) is 26.0. The van der Waals surface area contributed by atoms with Gasteiger partial charge in [0.1, 0.15) is 10.6 Å². The summed E-state index contributed by atoms with van der Waals surface area (Å²) in [5.41, 5.74) is -0.497. The Bertz CT molecular complexity index is 2370. The zero-order valence-corrected chi connectivity index (χ0v) is 33.4. The Morgan fingerprint density at radius 2 is 1.50 bits per heavy atom. The van der Waals surface area contributed by atoms with Crippen LogP contribution in [0.1, 0.15) is 18.5 Å². The van der Waals surface area contributed by atoms with Gasteiger partial charge in [-0.05, 0) is 50.1 Å². The van der Waals surface area contributed by atoms with Crippen molar-refractivity contribution in [2.24, 2.45) is 10.2 Å². The number of rotatable bonds is 19. The van der Waals surface area contributed by atoms with Crippen molar-refractivity contribution in [3.63, 3.8) is 0 Å². The number of hydrogen-bond acceptors (Lipinski definition) is 19. The summed E-state index contributed by atoms with van der Waals surface area (Å²) in [4.78, 5) is 25.9. The fraction of sp³-hybridized carbons (Fsp3) is 0.280. The van der Waals surface area contributed by atoms with E-state index in [1.807, 2.05) is 0 Å². The number of aryl methyl sites for hydroxylation is 1. The van der Waals surface area contributed by atoms with Crippen LogP contribution in [0.4, 0.5) is 23.0 Å². The molecule has 0 amide bonds. The number of H-pyrrole nitrogens is 1. The van der Waals surface area contributed by atoms with Crippen LogP contribution in [-0.4, -0.2) is 91.9 Å². The molecule has 0 bridgehead atoms. The van der Waals surface area contributed by atoms with Crippen LogP contribution in [0.25, 0.3) is 5.69 Å². The van der Waals surface area contributed by atoms with Gasteiger partial charge in [-0.2, -0.15) is 40.2 Å². The molecule has 0 atom stereocenters. The van der Waals surface area contributed by atoms with Gasteiger partial charge in [0.05, 0.1) is 49.9 Å². The lowest BCUT2D eigenvalue weighted by Crippen LogP contribution is -2.15. The molecule has 0 fully saturated rings. The molecular formula is C25H26Cl2N8O13S6. The van der Waals surface area contributed by atoms with E-state index in [1.165, 1.54) is 25.1 Å². The van der Waals surface area contributed by atoms with E-state index in [1.54, 1.807) is 0 Å². The van der Waals surface area contributed by atoms with Crippen LogP contribution < -0.4 is 10.9 Å². The molecule has 0 aliphatic carbocycles. The van der Waals surface area contributed by atoms with Gasteiger partial charge in [-0.3, -0.25) is 23.6 Å². The summed E-state index contributed by atoms with van der Waals surface area (Å²) in [6.07, 6.45) is 0.156. The maximum absolute atomic E-state index is 13.4. The topological polar surface area (TPSA) is 315 Å². The van der Waals surface area contributed by atoms with Gasteiger partial charge in [0.15, 0.2) is 16.0 Å². The normalized spacial score (nSPS) is 12.5. The summed E-state index contributed by atoms with van der Waals surface area (Å²) in [6.45, 7) is 1.49. The largest absolute Gasteiger partial charge is 0.324 e. The summed E-state index contributed by atoms with van der Waals surface area (Å²) in [6, 6.07) is 6.35. The molecule has 29 heteroatoms. The zero-order chi connectivity index (χ0) is 39.8. The molecule has 2 heterocycles. The van der Waals surface area contributed by atoms with Gasteiger partial charge in [0.25, 0.3) is 35.9 Å². The van der Waals surface area contributed by atoms with Gasteiger partial charge in [-0.25, -0.2) is 9.94 Å². The summed E-state index contributed by atoms with van der Waals surface area (Å²) >= 11 is 14.9. The van der Waals surface area contributed by atoms with Crippen LogP contribution in [-0.2, 0) is 39.7 Å². The number of thioether (sulfide) groups is 2. The molecule has 6 N–H and O–H groups in total. The summed E-state index contributed by atoms with van der Waals surface area (Å²) in [7, 11) is -13.1. The molecule has 294 valence electrons. The van der Waals surface area contributed by atoms with Crippen LogP contribution in [0.5, 0.6) is 0 Å². The summed E-state index contributed by atoms with van der Waals surface area (Å²) < 4.78 is 101. The van der Waals surface area contributed by atoms with E-state index in [4.69, 9.17) is 37.6 Å². The minimum atomic E-state index is -4.72. The van der Waals surface area contributed by atoms with Crippen molar-refractivity contribution >= 4 is 112 Å². The number of nitrogens with one attached hydrogen (secondary N) is 2. The minimum Gasteiger partial charge on any atom is -0.324 e. The average molecular weight is 910 g/mol. The molecule has 4 aromatic rings. The SMILES string of the molecule is Cc1[nH]n(-c2cc(Cl)c(S(=O)(=O)O)cc2Cl)c(=O)c1N=Nc1cc(Nc2nc(SCCCS(=O)(=O)O)nc(SCCCS(=O)(=O)O)n2)ccc1SOOO. The molecule has 0 aliphatic heterocycles. The van der Waals surface area contributed by atoms with Gasteiger partial charge < -0.3 is 5.32 Å². The lowest BCUT2D eigenvalue weighted by molar-refractivity contribution is -0.432. The Morgan fingerprint density at radius 1 is 0.889 bits per heavy atom. The van der Waals surface area contributed by atoms with Gasteiger partial charge in [0.2, 0.25) is 5.95 Å². The van der Waals surface area contributed by atoms with Gasteiger partial charge in [0, 0.05) is 17.2 Å². The smallest absolute Gasteiger partial charge is 0.299 e.